The van der Waals surface area contributed by atoms with Gasteiger partial charge in [-0.1, -0.05) is 98.8 Å². The fourth-order valence-corrected chi connectivity index (χ4v) is 7.41. The van der Waals surface area contributed by atoms with Crippen LogP contribution in [0.25, 0.3) is 88.9 Å². The van der Waals surface area contributed by atoms with Gasteiger partial charge in [0.05, 0.1) is 44.8 Å². The predicted molar refractivity (Wildman–Crippen MR) is 197 cm³/mol. The maximum Gasteiger partial charge on any atom is 0.160 e. The molecule has 0 unspecified atom stereocenters. The van der Waals surface area contributed by atoms with Gasteiger partial charge >= 0.3 is 0 Å². The van der Waals surface area contributed by atoms with Gasteiger partial charge in [0.2, 0.25) is 0 Å². The van der Waals surface area contributed by atoms with Crippen molar-refractivity contribution in [2.45, 2.75) is 19.3 Å². The summed E-state index contributed by atoms with van der Waals surface area (Å²) in [6.07, 6.45) is 3.63. The molecule has 10 rings (SSSR count). The highest BCUT2D eigenvalue weighted by Gasteiger charge is 2.35. The minimum atomic E-state index is -0.149. The molecule has 49 heavy (non-hydrogen) atoms. The standard InChI is InChI=1S/C43H28N6/c1-43(2)32-10-4-3-9-30(32)31-18-15-29(23-33(31)43)42-48-36(34-19-16-27-13-11-25-7-5-21-44-38(25)40(27)46-34)24-37(49-42)35-20-17-28-14-12-26-8-6-22-45-39(26)41(28)47-35/h3-24H,1-2H3. The van der Waals surface area contributed by atoms with Gasteiger partial charge in [0.1, 0.15) is 0 Å². The van der Waals surface area contributed by atoms with Crippen LogP contribution in [-0.4, -0.2) is 29.9 Å². The molecule has 9 aromatic rings. The Morgan fingerprint density at radius 2 is 0.939 bits per heavy atom. The number of hydrogen-bond acceptors (Lipinski definition) is 6. The van der Waals surface area contributed by atoms with Gasteiger partial charge in [0.25, 0.3) is 0 Å². The van der Waals surface area contributed by atoms with Crippen molar-refractivity contribution < 1.29 is 0 Å². The number of benzene rings is 4. The smallest absolute Gasteiger partial charge is 0.160 e. The number of aromatic nitrogens is 6. The number of hydrogen-bond donors (Lipinski definition) is 0. The Bertz CT molecular complexity index is 2680. The van der Waals surface area contributed by atoms with E-state index >= 15 is 0 Å². The zero-order chi connectivity index (χ0) is 32.7. The first-order valence-corrected chi connectivity index (χ1v) is 16.4. The third-order valence-corrected chi connectivity index (χ3v) is 9.96. The van der Waals surface area contributed by atoms with E-state index in [1.165, 1.54) is 22.3 Å². The zero-order valence-electron chi connectivity index (χ0n) is 26.9. The fraction of sp³-hybridized carbons (Fsp3) is 0.0698. The highest BCUT2D eigenvalue weighted by molar-refractivity contribution is 6.04. The molecule has 1 aliphatic rings. The Labute approximate surface area is 282 Å². The van der Waals surface area contributed by atoms with Crippen molar-refractivity contribution in [1.29, 1.82) is 0 Å². The molecule has 0 atom stereocenters. The van der Waals surface area contributed by atoms with Crippen LogP contribution in [0.15, 0.2) is 134 Å². The molecule has 1 aliphatic carbocycles. The maximum absolute atomic E-state index is 5.19. The number of fused-ring (bicyclic) bond motifs is 9. The molecule has 0 saturated heterocycles. The maximum atomic E-state index is 5.19. The van der Waals surface area contributed by atoms with Gasteiger partial charge in [-0.15, -0.1) is 0 Å². The first kappa shape index (κ1) is 27.7. The lowest BCUT2D eigenvalue weighted by Gasteiger charge is -2.21. The summed E-state index contributed by atoms with van der Waals surface area (Å²) in [5.41, 5.74) is 12.3. The minimum Gasteiger partial charge on any atom is -0.254 e. The summed E-state index contributed by atoms with van der Waals surface area (Å²) in [6.45, 7) is 4.58. The third kappa shape index (κ3) is 4.27. The summed E-state index contributed by atoms with van der Waals surface area (Å²) >= 11 is 0. The molecule has 0 radical (unpaired) electrons. The molecule has 230 valence electrons. The molecule has 6 nitrogen and oxygen atoms in total. The third-order valence-electron chi connectivity index (χ3n) is 9.96. The SMILES string of the molecule is CC1(C)c2ccccc2-c2ccc(-c3nc(-c4ccc5ccc6cccnc6c5n4)cc(-c4ccc5ccc6cccnc6c5n4)n3)cc21. The number of nitrogens with zero attached hydrogens (tertiary/aromatic N) is 6. The molecule has 0 fully saturated rings. The molecule has 0 saturated carbocycles. The normalized spacial score (nSPS) is 13.3. The van der Waals surface area contributed by atoms with Crippen molar-refractivity contribution >= 4 is 43.6 Å². The summed E-state index contributed by atoms with van der Waals surface area (Å²) in [5.74, 6) is 0.623. The largest absolute Gasteiger partial charge is 0.254 e. The molecule has 0 spiro atoms. The van der Waals surface area contributed by atoms with E-state index in [4.69, 9.17) is 19.9 Å². The van der Waals surface area contributed by atoms with Crippen molar-refractivity contribution in [2.24, 2.45) is 0 Å². The second-order valence-electron chi connectivity index (χ2n) is 13.2. The van der Waals surface area contributed by atoms with Crippen molar-refractivity contribution in [3.63, 3.8) is 0 Å². The van der Waals surface area contributed by atoms with Gasteiger partial charge in [-0.05, 0) is 58.7 Å². The number of rotatable bonds is 3. The van der Waals surface area contributed by atoms with E-state index in [1.54, 1.807) is 0 Å². The van der Waals surface area contributed by atoms with Crippen LogP contribution in [0.1, 0.15) is 25.0 Å². The molecule has 0 aliphatic heterocycles. The summed E-state index contributed by atoms with van der Waals surface area (Å²) in [7, 11) is 0. The Hall–Kier alpha value is -6.40. The van der Waals surface area contributed by atoms with Crippen LogP contribution in [0.5, 0.6) is 0 Å². The average molecular weight is 629 g/mol. The molecular formula is C43H28N6. The van der Waals surface area contributed by atoms with E-state index in [2.05, 4.69) is 115 Å². The van der Waals surface area contributed by atoms with E-state index in [0.717, 1.165) is 72.0 Å². The van der Waals surface area contributed by atoms with Crippen LogP contribution in [0.3, 0.4) is 0 Å². The molecule has 4 aromatic carbocycles. The molecule has 0 N–H and O–H groups in total. The highest BCUT2D eigenvalue weighted by atomic mass is 14.9. The molecule has 5 aromatic heterocycles. The monoisotopic (exact) mass is 628 g/mol. The van der Waals surface area contributed by atoms with Crippen LogP contribution in [0, 0.1) is 0 Å². The van der Waals surface area contributed by atoms with E-state index in [1.807, 2.05) is 42.7 Å². The molecule has 5 heterocycles. The lowest BCUT2D eigenvalue weighted by molar-refractivity contribution is 0.660. The van der Waals surface area contributed by atoms with Gasteiger partial charge in [-0.25, -0.2) is 19.9 Å². The summed E-state index contributed by atoms with van der Waals surface area (Å²) in [5, 5.41) is 4.15. The van der Waals surface area contributed by atoms with Crippen LogP contribution >= 0.6 is 0 Å². The van der Waals surface area contributed by atoms with Gasteiger partial charge in [-0.3, -0.25) is 9.97 Å². The highest BCUT2D eigenvalue weighted by Crippen LogP contribution is 2.49. The Balaban J connectivity index is 1.20. The first-order valence-electron chi connectivity index (χ1n) is 16.4. The predicted octanol–water partition coefficient (Wildman–Crippen LogP) is 9.98. The van der Waals surface area contributed by atoms with E-state index < -0.39 is 0 Å². The summed E-state index contributed by atoms with van der Waals surface area (Å²) in [6, 6.07) is 41.9. The lowest BCUT2D eigenvalue weighted by atomic mass is 9.82. The van der Waals surface area contributed by atoms with Gasteiger partial charge < -0.3 is 0 Å². The van der Waals surface area contributed by atoms with Crippen molar-refractivity contribution in [1.82, 2.24) is 29.9 Å². The van der Waals surface area contributed by atoms with Crippen LogP contribution in [0.2, 0.25) is 0 Å². The lowest BCUT2D eigenvalue weighted by Crippen LogP contribution is -2.15. The second-order valence-corrected chi connectivity index (χ2v) is 13.2. The van der Waals surface area contributed by atoms with Crippen molar-refractivity contribution in [2.75, 3.05) is 0 Å². The second kappa shape index (κ2) is 10.3. The minimum absolute atomic E-state index is 0.149. The molecular weight excluding hydrogens is 601 g/mol. The van der Waals surface area contributed by atoms with E-state index in [9.17, 15) is 0 Å². The molecule has 0 amide bonds. The Morgan fingerprint density at radius 3 is 1.55 bits per heavy atom. The summed E-state index contributed by atoms with van der Waals surface area (Å²) < 4.78 is 0. The molecule has 6 heteroatoms. The van der Waals surface area contributed by atoms with Crippen molar-refractivity contribution in [3.8, 4) is 45.3 Å². The van der Waals surface area contributed by atoms with E-state index in [-0.39, 0.29) is 5.41 Å². The van der Waals surface area contributed by atoms with Gasteiger partial charge in [-0.2, -0.15) is 0 Å². The quantitative estimate of drug-likeness (QED) is 0.181. The zero-order valence-corrected chi connectivity index (χ0v) is 26.9. The number of pyridine rings is 4. The van der Waals surface area contributed by atoms with Crippen LogP contribution < -0.4 is 0 Å². The summed E-state index contributed by atoms with van der Waals surface area (Å²) in [4.78, 5) is 30.1. The fourth-order valence-electron chi connectivity index (χ4n) is 7.41. The van der Waals surface area contributed by atoms with E-state index in [0.29, 0.717) is 5.82 Å². The van der Waals surface area contributed by atoms with Crippen LogP contribution in [-0.2, 0) is 5.41 Å². The van der Waals surface area contributed by atoms with Gasteiger partial charge in [0.15, 0.2) is 5.82 Å². The Kier molecular flexibility index (Phi) is 5.82. The van der Waals surface area contributed by atoms with Gasteiger partial charge in [0, 0.05) is 44.9 Å². The first-order chi connectivity index (χ1) is 24.0. The Morgan fingerprint density at radius 1 is 0.408 bits per heavy atom. The topological polar surface area (TPSA) is 77.3 Å². The average Bonchev–Trinajstić information content (AvgIpc) is 3.39. The molecule has 0 bridgehead atoms. The van der Waals surface area contributed by atoms with Crippen molar-refractivity contribution in [3.05, 3.63) is 145 Å². The van der Waals surface area contributed by atoms with Crippen LogP contribution in [0.4, 0.5) is 0 Å².